The summed E-state index contributed by atoms with van der Waals surface area (Å²) in [6, 6.07) is 9.33. The molecule has 1 atom stereocenters. The number of H-pyrrole nitrogens is 1. The van der Waals surface area contributed by atoms with Gasteiger partial charge in [-0.25, -0.2) is 4.98 Å². The van der Waals surface area contributed by atoms with Crippen LogP contribution in [-0.2, 0) is 0 Å². The number of aromatic nitrogens is 2. The van der Waals surface area contributed by atoms with Gasteiger partial charge in [0.1, 0.15) is 11.6 Å². The Bertz CT molecular complexity index is 833. The molecule has 0 saturated heterocycles. The number of allylic oxidation sites excluding steroid dienone is 1. The van der Waals surface area contributed by atoms with Crippen molar-refractivity contribution in [3.05, 3.63) is 68.0 Å². The third-order valence-electron chi connectivity index (χ3n) is 3.23. The fourth-order valence-corrected chi connectivity index (χ4v) is 2.55. The molecule has 0 radical (unpaired) electrons. The zero-order valence-electron chi connectivity index (χ0n) is 10.6. The Balaban J connectivity index is 2.28. The van der Waals surface area contributed by atoms with Crippen LogP contribution in [0.4, 0.5) is 0 Å². The number of benzene rings is 1. The van der Waals surface area contributed by atoms with Gasteiger partial charge in [-0.1, -0.05) is 28.1 Å². The summed E-state index contributed by atoms with van der Waals surface area (Å²) in [6.45, 7) is 0. The third-order valence-corrected chi connectivity index (χ3v) is 3.75. The van der Waals surface area contributed by atoms with Gasteiger partial charge in [0.25, 0.3) is 5.56 Å². The van der Waals surface area contributed by atoms with E-state index < -0.39 is 5.92 Å². The summed E-state index contributed by atoms with van der Waals surface area (Å²) >= 11 is 3.35. The molecule has 2 aromatic rings. The lowest BCUT2D eigenvalue weighted by Crippen LogP contribution is -2.28. The first-order valence-electron chi connectivity index (χ1n) is 6.02. The highest BCUT2D eigenvalue weighted by molar-refractivity contribution is 9.10. The molecule has 2 heterocycles. The standard InChI is InChI=1S/C14H9BrN4O2/c15-8-3-1-7(2-4-8)10-9(5-16)12(17)21-14-11(10)13(20)18-6-19-14/h1-4,6,10H,17H2,(H,18,19,20). The molecule has 0 fully saturated rings. The van der Waals surface area contributed by atoms with E-state index in [1.54, 1.807) is 0 Å². The molecule has 1 aromatic carbocycles. The second-order valence-corrected chi connectivity index (χ2v) is 5.34. The van der Waals surface area contributed by atoms with Gasteiger partial charge >= 0.3 is 0 Å². The van der Waals surface area contributed by atoms with Gasteiger partial charge in [-0.05, 0) is 17.7 Å². The van der Waals surface area contributed by atoms with E-state index in [0.29, 0.717) is 0 Å². The Morgan fingerprint density at radius 2 is 2.10 bits per heavy atom. The molecule has 0 aliphatic carbocycles. The fourth-order valence-electron chi connectivity index (χ4n) is 2.28. The van der Waals surface area contributed by atoms with Crippen molar-refractivity contribution >= 4 is 15.9 Å². The number of hydrogen-bond donors (Lipinski definition) is 2. The zero-order valence-corrected chi connectivity index (χ0v) is 12.2. The first-order chi connectivity index (χ1) is 10.1. The molecular weight excluding hydrogens is 336 g/mol. The number of nitrogens with one attached hydrogen (secondary N) is 1. The number of nitriles is 1. The van der Waals surface area contributed by atoms with E-state index in [1.807, 2.05) is 30.3 Å². The maximum Gasteiger partial charge on any atom is 0.258 e. The van der Waals surface area contributed by atoms with Gasteiger partial charge in [0, 0.05) is 4.47 Å². The van der Waals surface area contributed by atoms with Crippen molar-refractivity contribution in [1.29, 1.82) is 5.26 Å². The smallest absolute Gasteiger partial charge is 0.258 e. The van der Waals surface area contributed by atoms with Gasteiger partial charge in [0.05, 0.1) is 17.8 Å². The zero-order chi connectivity index (χ0) is 15.0. The molecule has 0 saturated carbocycles. The van der Waals surface area contributed by atoms with Crippen LogP contribution in [0.3, 0.4) is 0 Å². The Kier molecular flexibility index (Phi) is 3.23. The molecule has 1 aromatic heterocycles. The largest absolute Gasteiger partial charge is 0.422 e. The van der Waals surface area contributed by atoms with E-state index in [0.717, 1.165) is 10.0 Å². The van der Waals surface area contributed by atoms with Crippen LogP contribution in [0.1, 0.15) is 17.0 Å². The second kappa shape index (κ2) is 5.07. The molecule has 0 bridgehead atoms. The van der Waals surface area contributed by atoms with Gasteiger partial charge < -0.3 is 15.5 Å². The molecule has 1 aliphatic heterocycles. The molecule has 21 heavy (non-hydrogen) atoms. The lowest BCUT2D eigenvalue weighted by molar-refractivity contribution is 0.375. The van der Waals surface area contributed by atoms with Gasteiger partial charge in [-0.15, -0.1) is 0 Å². The van der Waals surface area contributed by atoms with E-state index in [9.17, 15) is 10.1 Å². The SMILES string of the molecule is N#CC1=C(N)Oc2nc[nH]c(=O)c2C1c1ccc(Br)cc1. The number of aromatic amines is 1. The summed E-state index contributed by atoms with van der Waals surface area (Å²) in [6.07, 6.45) is 1.24. The Morgan fingerprint density at radius 1 is 1.38 bits per heavy atom. The topological polar surface area (TPSA) is 105 Å². The molecule has 6 nitrogen and oxygen atoms in total. The van der Waals surface area contributed by atoms with Crippen LogP contribution in [0.5, 0.6) is 5.88 Å². The Labute approximate surface area is 128 Å². The maximum atomic E-state index is 12.1. The van der Waals surface area contributed by atoms with Crippen molar-refractivity contribution in [2.45, 2.75) is 5.92 Å². The highest BCUT2D eigenvalue weighted by Gasteiger charge is 2.33. The van der Waals surface area contributed by atoms with Crippen LogP contribution in [0.25, 0.3) is 0 Å². The van der Waals surface area contributed by atoms with E-state index in [1.165, 1.54) is 6.33 Å². The van der Waals surface area contributed by atoms with Crippen LogP contribution >= 0.6 is 15.9 Å². The number of fused-ring (bicyclic) bond motifs is 1. The molecule has 0 spiro atoms. The van der Waals surface area contributed by atoms with Crippen molar-refractivity contribution in [2.24, 2.45) is 5.73 Å². The molecule has 1 aliphatic rings. The second-order valence-electron chi connectivity index (χ2n) is 4.43. The molecular formula is C14H9BrN4O2. The van der Waals surface area contributed by atoms with E-state index >= 15 is 0 Å². The fraction of sp³-hybridized carbons (Fsp3) is 0.0714. The average molecular weight is 345 g/mol. The minimum absolute atomic E-state index is 0.0315. The van der Waals surface area contributed by atoms with Crippen LogP contribution in [0, 0.1) is 11.3 Å². The lowest BCUT2D eigenvalue weighted by atomic mass is 9.85. The molecule has 0 amide bonds. The van der Waals surface area contributed by atoms with Crippen LogP contribution in [-0.4, -0.2) is 9.97 Å². The summed E-state index contributed by atoms with van der Waals surface area (Å²) in [5.74, 6) is -0.497. The van der Waals surface area contributed by atoms with Crippen molar-refractivity contribution in [3.63, 3.8) is 0 Å². The highest BCUT2D eigenvalue weighted by Crippen LogP contribution is 2.38. The predicted octanol–water partition coefficient (Wildman–Crippen LogP) is 1.75. The predicted molar refractivity (Wildman–Crippen MR) is 78.3 cm³/mol. The number of rotatable bonds is 1. The minimum Gasteiger partial charge on any atom is -0.422 e. The monoisotopic (exact) mass is 344 g/mol. The summed E-state index contributed by atoms with van der Waals surface area (Å²) in [4.78, 5) is 18.6. The van der Waals surface area contributed by atoms with Crippen LogP contribution in [0.2, 0.25) is 0 Å². The van der Waals surface area contributed by atoms with Gasteiger partial charge in [0.2, 0.25) is 11.8 Å². The minimum atomic E-state index is -0.593. The number of nitrogens with zero attached hydrogens (tertiary/aromatic N) is 2. The van der Waals surface area contributed by atoms with Gasteiger partial charge in [-0.2, -0.15) is 5.26 Å². The van der Waals surface area contributed by atoms with Crippen molar-refractivity contribution in [3.8, 4) is 11.9 Å². The normalized spacial score (nSPS) is 16.9. The summed E-state index contributed by atoms with van der Waals surface area (Å²) in [7, 11) is 0. The molecule has 104 valence electrons. The molecule has 3 rings (SSSR count). The summed E-state index contributed by atoms with van der Waals surface area (Å²) in [5.41, 5.74) is 6.68. The quantitative estimate of drug-likeness (QED) is 0.819. The number of nitrogens with two attached hydrogens (primary N) is 1. The number of ether oxygens (including phenoxy) is 1. The number of hydrogen-bond acceptors (Lipinski definition) is 5. The highest BCUT2D eigenvalue weighted by atomic mass is 79.9. The maximum absolute atomic E-state index is 12.1. The van der Waals surface area contributed by atoms with E-state index in [4.69, 9.17) is 10.5 Å². The third kappa shape index (κ3) is 2.19. The van der Waals surface area contributed by atoms with E-state index in [2.05, 4.69) is 25.9 Å². The first kappa shape index (κ1) is 13.4. The van der Waals surface area contributed by atoms with Crippen molar-refractivity contribution in [2.75, 3.05) is 0 Å². The average Bonchev–Trinajstić information content (AvgIpc) is 2.47. The van der Waals surface area contributed by atoms with Crippen LogP contribution < -0.4 is 16.0 Å². The van der Waals surface area contributed by atoms with Gasteiger partial charge in [-0.3, -0.25) is 4.79 Å². The van der Waals surface area contributed by atoms with Gasteiger partial charge in [0.15, 0.2) is 0 Å². The lowest BCUT2D eigenvalue weighted by Gasteiger charge is -2.24. The van der Waals surface area contributed by atoms with Crippen molar-refractivity contribution in [1.82, 2.24) is 9.97 Å². The molecule has 3 N–H and O–H groups in total. The molecule has 7 heteroatoms. The summed E-state index contributed by atoms with van der Waals surface area (Å²) in [5, 5.41) is 9.35. The van der Waals surface area contributed by atoms with Crippen LogP contribution in [0.15, 0.2) is 51.3 Å². The van der Waals surface area contributed by atoms with E-state index in [-0.39, 0.29) is 28.5 Å². The van der Waals surface area contributed by atoms with Crippen molar-refractivity contribution < 1.29 is 4.74 Å². The number of halogens is 1. The molecule has 1 unspecified atom stereocenters. The first-order valence-corrected chi connectivity index (χ1v) is 6.81. The summed E-state index contributed by atoms with van der Waals surface area (Å²) < 4.78 is 6.18. The Hall–Kier alpha value is -2.59. The Morgan fingerprint density at radius 3 is 2.76 bits per heavy atom.